The molecule has 2 heteroatoms. The summed E-state index contributed by atoms with van der Waals surface area (Å²) in [5.41, 5.74) is 0. The van der Waals surface area contributed by atoms with Crippen molar-refractivity contribution in [3.8, 4) is 0 Å². The summed E-state index contributed by atoms with van der Waals surface area (Å²) in [5, 5.41) is 1.77. The lowest BCUT2D eigenvalue weighted by Gasteiger charge is -2.10. The number of hydroxylamine groups is 2. The molecule has 0 aromatic heterocycles. The van der Waals surface area contributed by atoms with Gasteiger partial charge in [0.2, 0.25) is 0 Å². The van der Waals surface area contributed by atoms with E-state index in [1.165, 1.54) is 0 Å². The van der Waals surface area contributed by atoms with Crippen molar-refractivity contribution in [1.29, 1.82) is 0 Å². The van der Waals surface area contributed by atoms with Crippen molar-refractivity contribution in [1.82, 2.24) is 5.06 Å². The highest BCUT2D eigenvalue weighted by atomic mass is 16.7. The lowest BCUT2D eigenvalue weighted by molar-refractivity contribution is -0.0746. The molecule has 0 amide bonds. The molecule has 11 heavy (non-hydrogen) atoms. The molecule has 0 rings (SSSR count). The molecule has 0 saturated heterocycles. The van der Waals surface area contributed by atoms with Crippen LogP contribution >= 0.6 is 0 Å². The van der Waals surface area contributed by atoms with Crippen LogP contribution in [0.2, 0.25) is 0 Å². The van der Waals surface area contributed by atoms with Crippen LogP contribution in [0.15, 0.2) is 12.3 Å². The molecule has 0 aliphatic heterocycles. The Hall–Kier alpha value is -0.500. The second kappa shape index (κ2) is 12.2. The summed E-state index contributed by atoms with van der Waals surface area (Å²) < 4.78 is 0. The Balaban J connectivity index is 0. The highest BCUT2D eigenvalue weighted by Crippen LogP contribution is 1.86. The Morgan fingerprint density at radius 2 is 1.82 bits per heavy atom. The van der Waals surface area contributed by atoms with E-state index in [1.54, 1.807) is 11.3 Å². The van der Waals surface area contributed by atoms with E-state index in [2.05, 4.69) is 6.92 Å². The zero-order valence-corrected chi connectivity index (χ0v) is 8.42. The van der Waals surface area contributed by atoms with Crippen LogP contribution in [0.25, 0.3) is 0 Å². The molecule has 0 N–H and O–H groups in total. The molecule has 0 aromatic carbocycles. The standard InChI is InChI=1S/C7H15NO.C2H6/c1-4-6-7-9-8(3)5-2;1-2/h6-7H,4-5H2,1-3H3;1-2H3/b7-6-;. The molecule has 0 atom stereocenters. The summed E-state index contributed by atoms with van der Waals surface area (Å²) in [6.07, 6.45) is 4.72. The van der Waals surface area contributed by atoms with Crippen molar-refractivity contribution in [3.05, 3.63) is 12.3 Å². The third-order valence-electron chi connectivity index (χ3n) is 1.02. The summed E-state index contributed by atoms with van der Waals surface area (Å²) in [5.74, 6) is 0. The van der Waals surface area contributed by atoms with Gasteiger partial charge in [-0.1, -0.05) is 20.8 Å². The third kappa shape index (κ3) is 12.6. The van der Waals surface area contributed by atoms with Gasteiger partial charge < -0.3 is 4.84 Å². The van der Waals surface area contributed by atoms with Gasteiger partial charge >= 0.3 is 0 Å². The fourth-order valence-corrected chi connectivity index (χ4v) is 0.318. The van der Waals surface area contributed by atoms with Gasteiger partial charge in [0.05, 0.1) is 0 Å². The molecule has 68 valence electrons. The van der Waals surface area contributed by atoms with Crippen LogP contribution in [0.4, 0.5) is 0 Å². The van der Waals surface area contributed by atoms with E-state index in [0.29, 0.717) is 0 Å². The predicted molar refractivity (Wildman–Crippen MR) is 50.2 cm³/mol. The lowest BCUT2D eigenvalue weighted by atomic mass is 10.5. The zero-order chi connectivity index (χ0) is 9.11. The molecule has 2 nitrogen and oxygen atoms in total. The van der Waals surface area contributed by atoms with E-state index < -0.39 is 0 Å². The molecular weight excluding hydrogens is 138 g/mol. The molecule has 0 bridgehead atoms. The van der Waals surface area contributed by atoms with Gasteiger partial charge in [-0.05, 0) is 19.4 Å². The van der Waals surface area contributed by atoms with Crippen molar-refractivity contribution < 1.29 is 4.84 Å². The molecule has 0 aromatic rings. The Labute approximate surface area is 70.8 Å². The zero-order valence-electron chi connectivity index (χ0n) is 8.42. The monoisotopic (exact) mass is 159 g/mol. The summed E-state index contributed by atoms with van der Waals surface area (Å²) in [6.45, 7) is 9.03. The number of hydrogen-bond donors (Lipinski definition) is 0. The van der Waals surface area contributed by atoms with E-state index in [9.17, 15) is 0 Å². The number of hydrogen-bond acceptors (Lipinski definition) is 2. The van der Waals surface area contributed by atoms with Crippen LogP contribution in [0.5, 0.6) is 0 Å². The first-order chi connectivity index (χ1) is 5.31. The first-order valence-corrected chi connectivity index (χ1v) is 4.34. The van der Waals surface area contributed by atoms with Crippen LogP contribution < -0.4 is 0 Å². The normalized spacial score (nSPS) is 9.64. The fourth-order valence-electron chi connectivity index (χ4n) is 0.318. The minimum atomic E-state index is 0.911. The minimum absolute atomic E-state index is 0.911. The second-order valence-electron chi connectivity index (χ2n) is 1.83. The highest BCUT2D eigenvalue weighted by molar-refractivity contribution is 4.69. The largest absolute Gasteiger partial charge is 0.414 e. The second-order valence-corrected chi connectivity index (χ2v) is 1.83. The van der Waals surface area contributed by atoms with Gasteiger partial charge in [-0.3, -0.25) is 0 Å². The minimum Gasteiger partial charge on any atom is -0.414 e. The van der Waals surface area contributed by atoms with Gasteiger partial charge in [-0.15, -0.1) is 5.06 Å². The molecule has 0 heterocycles. The maximum absolute atomic E-state index is 5.08. The van der Waals surface area contributed by atoms with Crippen LogP contribution in [-0.4, -0.2) is 18.7 Å². The predicted octanol–water partition coefficient (Wildman–Crippen LogP) is 2.82. The van der Waals surface area contributed by atoms with Gasteiger partial charge in [-0.25, -0.2) is 0 Å². The summed E-state index contributed by atoms with van der Waals surface area (Å²) in [6, 6.07) is 0. The Morgan fingerprint density at radius 1 is 1.27 bits per heavy atom. The first kappa shape index (κ1) is 13.1. The maximum atomic E-state index is 5.08. The van der Waals surface area contributed by atoms with Crippen molar-refractivity contribution in [2.75, 3.05) is 13.6 Å². The molecule has 0 aliphatic rings. The molecule has 0 unspecified atom stereocenters. The molecule has 0 aliphatic carbocycles. The van der Waals surface area contributed by atoms with Gasteiger partial charge in [0.25, 0.3) is 0 Å². The van der Waals surface area contributed by atoms with Gasteiger partial charge in [0, 0.05) is 13.6 Å². The van der Waals surface area contributed by atoms with E-state index >= 15 is 0 Å². The maximum Gasteiger partial charge on any atom is 0.107 e. The number of allylic oxidation sites excluding steroid dienone is 1. The average molecular weight is 159 g/mol. The quantitative estimate of drug-likeness (QED) is 0.462. The van der Waals surface area contributed by atoms with Crippen molar-refractivity contribution in [3.63, 3.8) is 0 Å². The van der Waals surface area contributed by atoms with Gasteiger partial charge in [-0.2, -0.15) is 0 Å². The van der Waals surface area contributed by atoms with Crippen LogP contribution in [0.3, 0.4) is 0 Å². The fraction of sp³-hybridized carbons (Fsp3) is 0.778. The van der Waals surface area contributed by atoms with Gasteiger partial charge in [0.15, 0.2) is 0 Å². The van der Waals surface area contributed by atoms with Crippen molar-refractivity contribution in [2.45, 2.75) is 34.1 Å². The van der Waals surface area contributed by atoms with Crippen molar-refractivity contribution >= 4 is 0 Å². The van der Waals surface area contributed by atoms with Gasteiger partial charge in [0.1, 0.15) is 6.26 Å². The highest BCUT2D eigenvalue weighted by Gasteiger charge is 1.85. The van der Waals surface area contributed by atoms with Crippen LogP contribution in [0, 0.1) is 0 Å². The summed E-state index contributed by atoms with van der Waals surface area (Å²) >= 11 is 0. The first-order valence-electron chi connectivity index (χ1n) is 4.34. The van der Waals surface area contributed by atoms with E-state index in [1.807, 2.05) is 33.9 Å². The number of rotatable bonds is 4. The molecule has 0 radical (unpaired) electrons. The summed E-state index contributed by atoms with van der Waals surface area (Å²) in [4.78, 5) is 5.08. The average Bonchev–Trinajstić information content (AvgIpc) is 2.08. The van der Waals surface area contributed by atoms with E-state index in [4.69, 9.17) is 4.84 Å². The van der Waals surface area contributed by atoms with Crippen LogP contribution in [-0.2, 0) is 4.84 Å². The summed E-state index contributed by atoms with van der Waals surface area (Å²) in [7, 11) is 1.90. The van der Waals surface area contributed by atoms with Crippen LogP contribution in [0.1, 0.15) is 34.1 Å². The molecule has 0 spiro atoms. The SMILES string of the molecule is CC.CC/C=C\ON(C)CC. The third-order valence-corrected chi connectivity index (χ3v) is 1.02. The van der Waals surface area contributed by atoms with Crippen molar-refractivity contribution in [2.24, 2.45) is 0 Å². The lowest BCUT2D eigenvalue weighted by Crippen LogP contribution is -2.14. The molecule has 0 fully saturated rings. The number of nitrogens with zero attached hydrogens (tertiary/aromatic N) is 1. The molecule has 0 saturated carbocycles. The molecular formula is C9H21NO. The topological polar surface area (TPSA) is 12.5 Å². The van der Waals surface area contributed by atoms with E-state index in [-0.39, 0.29) is 0 Å². The Kier molecular flexibility index (Phi) is 14.5. The Morgan fingerprint density at radius 3 is 2.18 bits per heavy atom. The smallest absolute Gasteiger partial charge is 0.107 e. The van der Waals surface area contributed by atoms with E-state index in [0.717, 1.165) is 13.0 Å². The Bertz CT molecular complexity index is 81.6.